The van der Waals surface area contributed by atoms with Gasteiger partial charge in [0.15, 0.2) is 0 Å². The lowest BCUT2D eigenvalue weighted by Crippen LogP contribution is -2.48. The van der Waals surface area contributed by atoms with Crippen LogP contribution in [0.2, 0.25) is 0 Å². The van der Waals surface area contributed by atoms with Gasteiger partial charge < -0.3 is 10.1 Å². The molecule has 2 heterocycles. The first kappa shape index (κ1) is 12.0. The lowest BCUT2D eigenvalue weighted by molar-refractivity contribution is 0.155. The van der Waals surface area contributed by atoms with Crippen molar-refractivity contribution >= 4 is 0 Å². The molecule has 2 aliphatic heterocycles. The van der Waals surface area contributed by atoms with E-state index in [1.807, 2.05) is 0 Å². The van der Waals surface area contributed by atoms with Crippen molar-refractivity contribution in [3.05, 3.63) is 29.3 Å². The molecule has 2 aliphatic rings. The van der Waals surface area contributed by atoms with Gasteiger partial charge in [-0.2, -0.15) is 0 Å². The zero-order valence-corrected chi connectivity index (χ0v) is 11.7. The minimum atomic E-state index is 0.0721. The van der Waals surface area contributed by atoms with Crippen LogP contribution in [0.3, 0.4) is 0 Å². The Balaban J connectivity index is 2.15. The van der Waals surface area contributed by atoms with E-state index in [0.717, 1.165) is 25.3 Å². The molecule has 1 fully saturated rings. The van der Waals surface area contributed by atoms with Crippen LogP contribution in [0.4, 0.5) is 0 Å². The van der Waals surface area contributed by atoms with Crippen LogP contribution in [-0.4, -0.2) is 13.2 Å². The summed E-state index contributed by atoms with van der Waals surface area (Å²) in [5, 5.41) is 3.78. The highest BCUT2D eigenvalue weighted by Crippen LogP contribution is 2.49. The molecule has 3 rings (SSSR count). The maximum absolute atomic E-state index is 5.92. The van der Waals surface area contributed by atoms with Crippen molar-refractivity contribution in [1.82, 2.24) is 5.32 Å². The molecule has 1 unspecified atom stereocenters. The van der Waals surface area contributed by atoms with Gasteiger partial charge in [0, 0.05) is 12.0 Å². The normalized spacial score (nSPS) is 27.1. The summed E-state index contributed by atoms with van der Waals surface area (Å²) in [5.41, 5.74) is 3.03. The first-order chi connectivity index (χ1) is 8.55. The van der Waals surface area contributed by atoms with Gasteiger partial charge >= 0.3 is 0 Å². The van der Waals surface area contributed by atoms with Gasteiger partial charge in [-0.05, 0) is 30.4 Å². The highest BCUT2D eigenvalue weighted by Gasteiger charge is 2.47. The number of hydrogen-bond donors (Lipinski definition) is 1. The number of benzene rings is 1. The Kier molecular flexibility index (Phi) is 2.67. The third kappa shape index (κ3) is 1.58. The van der Waals surface area contributed by atoms with E-state index in [1.165, 1.54) is 24.0 Å². The Morgan fingerprint density at radius 1 is 1.28 bits per heavy atom. The Labute approximate surface area is 110 Å². The summed E-state index contributed by atoms with van der Waals surface area (Å²) in [4.78, 5) is 0. The van der Waals surface area contributed by atoms with Crippen LogP contribution in [-0.2, 0) is 12.0 Å². The maximum Gasteiger partial charge on any atom is 0.127 e. The van der Waals surface area contributed by atoms with Crippen molar-refractivity contribution < 1.29 is 4.74 Å². The van der Waals surface area contributed by atoms with Crippen molar-refractivity contribution in [1.29, 1.82) is 0 Å². The molecule has 1 N–H and O–H groups in total. The minimum Gasteiger partial charge on any atom is -0.493 e. The third-order valence-corrected chi connectivity index (χ3v) is 4.61. The summed E-state index contributed by atoms with van der Waals surface area (Å²) in [5.74, 6) is 1.15. The zero-order valence-electron chi connectivity index (χ0n) is 11.7. The van der Waals surface area contributed by atoms with Gasteiger partial charge in [-0.1, -0.05) is 39.0 Å². The quantitative estimate of drug-likeness (QED) is 0.820. The number of fused-ring (bicyclic) bond motifs is 1. The van der Waals surface area contributed by atoms with Crippen LogP contribution < -0.4 is 10.1 Å². The van der Waals surface area contributed by atoms with Crippen LogP contribution in [0.1, 0.15) is 44.7 Å². The van der Waals surface area contributed by atoms with Crippen molar-refractivity contribution in [2.75, 3.05) is 13.2 Å². The second kappa shape index (κ2) is 3.99. The lowest BCUT2D eigenvalue weighted by Gasteiger charge is -2.43. The van der Waals surface area contributed by atoms with Crippen molar-refractivity contribution in [2.45, 2.75) is 45.6 Å². The Morgan fingerprint density at radius 2 is 2.11 bits per heavy atom. The first-order valence-corrected chi connectivity index (χ1v) is 7.05. The molecule has 18 heavy (non-hydrogen) atoms. The Hall–Kier alpha value is -1.02. The summed E-state index contributed by atoms with van der Waals surface area (Å²) in [6.45, 7) is 8.95. The molecular weight excluding hydrogens is 222 g/mol. The summed E-state index contributed by atoms with van der Waals surface area (Å²) in [6.07, 6.45) is 3.51. The minimum absolute atomic E-state index is 0.0721. The summed E-state index contributed by atoms with van der Waals surface area (Å²) >= 11 is 0. The molecule has 1 aromatic rings. The van der Waals surface area contributed by atoms with Gasteiger partial charge in [-0.15, -0.1) is 0 Å². The van der Waals surface area contributed by atoms with Crippen LogP contribution >= 0.6 is 0 Å². The van der Waals surface area contributed by atoms with Crippen LogP contribution in [0, 0.1) is 5.41 Å². The molecule has 2 heteroatoms. The number of ether oxygens (including phenoxy) is 1. The van der Waals surface area contributed by atoms with E-state index in [1.54, 1.807) is 0 Å². The molecule has 1 aromatic carbocycles. The second-order valence-electron chi connectivity index (χ2n) is 6.58. The summed E-state index contributed by atoms with van der Waals surface area (Å²) in [7, 11) is 0. The number of hydrogen-bond acceptors (Lipinski definition) is 2. The molecule has 0 bridgehead atoms. The fourth-order valence-electron chi connectivity index (χ4n) is 3.57. The van der Waals surface area contributed by atoms with Crippen molar-refractivity contribution in [3.63, 3.8) is 0 Å². The van der Waals surface area contributed by atoms with Crippen LogP contribution in [0.15, 0.2) is 18.2 Å². The maximum atomic E-state index is 5.92. The number of para-hydroxylation sites is 1. The number of nitrogens with one attached hydrogen (secondary N) is 1. The van der Waals surface area contributed by atoms with E-state index in [-0.39, 0.29) is 11.0 Å². The lowest BCUT2D eigenvalue weighted by atomic mass is 9.68. The van der Waals surface area contributed by atoms with E-state index in [2.05, 4.69) is 44.3 Å². The molecule has 98 valence electrons. The molecule has 0 spiro atoms. The van der Waals surface area contributed by atoms with Gasteiger partial charge in [0.05, 0.1) is 12.1 Å². The van der Waals surface area contributed by atoms with E-state index in [0.29, 0.717) is 0 Å². The van der Waals surface area contributed by atoms with E-state index >= 15 is 0 Å². The molecule has 0 aromatic heterocycles. The molecular formula is C16H23NO. The molecule has 2 nitrogen and oxygen atoms in total. The average Bonchev–Trinajstić information content (AvgIpc) is 2.97. The SMILES string of the molecule is CC(C)(C)C1(c2cccc3c2OCC3)CCCN1. The molecule has 0 aliphatic carbocycles. The smallest absolute Gasteiger partial charge is 0.127 e. The van der Waals surface area contributed by atoms with E-state index in [4.69, 9.17) is 4.74 Å². The van der Waals surface area contributed by atoms with Gasteiger partial charge in [0.1, 0.15) is 5.75 Å². The molecule has 1 saturated heterocycles. The monoisotopic (exact) mass is 245 g/mol. The first-order valence-electron chi connectivity index (χ1n) is 7.05. The molecule has 0 saturated carbocycles. The highest BCUT2D eigenvalue weighted by molar-refractivity contribution is 5.49. The van der Waals surface area contributed by atoms with E-state index in [9.17, 15) is 0 Å². The topological polar surface area (TPSA) is 21.3 Å². The zero-order chi connectivity index (χ0) is 12.8. The summed E-state index contributed by atoms with van der Waals surface area (Å²) < 4.78 is 5.92. The van der Waals surface area contributed by atoms with Crippen LogP contribution in [0.25, 0.3) is 0 Å². The third-order valence-electron chi connectivity index (χ3n) is 4.61. The highest BCUT2D eigenvalue weighted by atomic mass is 16.5. The summed E-state index contributed by atoms with van der Waals surface area (Å²) in [6, 6.07) is 6.65. The average molecular weight is 245 g/mol. The fraction of sp³-hybridized carbons (Fsp3) is 0.625. The molecule has 0 amide bonds. The second-order valence-corrected chi connectivity index (χ2v) is 6.58. The molecule has 1 atom stereocenters. The largest absolute Gasteiger partial charge is 0.493 e. The van der Waals surface area contributed by atoms with Gasteiger partial charge in [-0.3, -0.25) is 0 Å². The predicted octanol–water partition coefficient (Wildman–Crippen LogP) is 3.25. The van der Waals surface area contributed by atoms with Crippen LogP contribution in [0.5, 0.6) is 5.75 Å². The van der Waals surface area contributed by atoms with Gasteiger partial charge in [-0.25, -0.2) is 0 Å². The Bertz CT molecular complexity index is 453. The van der Waals surface area contributed by atoms with Gasteiger partial charge in [0.25, 0.3) is 0 Å². The Morgan fingerprint density at radius 3 is 2.78 bits per heavy atom. The number of rotatable bonds is 1. The standard InChI is InChI=1S/C16H23NO/c1-15(2,3)16(9-5-10-17-16)13-7-4-6-12-8-11-18-14(12)13/h4,6-7,17H,5,8-11H2,1-3H3. The fourth-order valence-corrected chi connectivity index (χ4v) is 3.57. The van der Waals surface area contributed by atoms with Gasteiger partial charge in [0.2, 0.25) is 0 Å². The van der Waals surface area contributed by atoms with Crippen molar-refractivity contribution in [2.24, 2.45) is 5.41 Å². The molecule has 0 radical (unpaired) electrons. The van der Waals surface area contributed by atoms with E-state index < -0.39 is 0 Å². The van der Waals surface area contributed by atoms with Crippen molar-refractivity contribution in [3.8, 4) is 5.75 Å². The predicted molar refractivity (Wildman–Crippen MR) is 74.0 cm³/mol.